The minimum Gasteiger partial charge on any atom is -0.482 e. The first-order valence-corrected chi connectivity index (χ1v) is 14.3. The van der Waals surface area contributed by atoms with Gasteiger partial charge in [-0.25, -0.2) is 8.42 Å². The number of likely N-dealkylation sites (N-methyl/N-ethyl adjacent to an activating group) is 1. The van der Waals surface area contributed by atoms with Crippen molar-refractivity contribution in [2.24, 2.45) is 5.10 Å². The zero-order chi connectivity index (χ0) is 29.7. The summed E-state index contributed by atoms with van der Waals surface area (Å²) in [4.78, 5) is 20.1. The fourth-order valence-electron chi connectivity index (χ4n) is 3.61. The van der Waals surface area contributed by atoms with Crippen molar-refractivity contribution in [3.8, 4) is 0 Å². The number of rotatable bonds is 11. The van der Waals surface area contributed by atoms with Crippen LogP contribution in [0.15, 0.2) is 93.8 Å². The van der Waals surface area contributed by atoms with Gasteiger partial charge in [-0.2, -0.15) is 17.1 Å². The van der Waals surface area contributed by atoms with Gasteiger partial charge in [0.05, 0.1) is 26.7 Å². The maximum Gasteiger partial charge on any atom is 0.278 e. The molecule has 212 valence electrons. The van der Waals surface area contributed by atoms with Crippen LogP contribution in [0.2, 0.25) is 0 Å². The van der Waals surface area contributed by atoms with Gasteiger partial charge in [0.2, 0.25) is 15.9 Å². The number of benzene rings is 3. The third-order valence-corrected chi connectivity index (χ3v) is 9.39. The van der Waals surface area contributed by atoms with Gasteiger partial charge < -0.3 is 4.74 Å². The van der Waals surface area contributed by atoms with E-state index in [4.69, 9.17) is 4.74 Å². The summed E-state index contributed by atoms with van der Waals surface area (Å²) in [6, 6.07) is 16.1. The maximum atomic E-state index is 13.5. The Hall–Kier alpha value is -4.41. The van der Waals surface area contributed by atoms with E-state index in [-0.39, 0.29) is 33.5 Å². The van der Waals surface area contributed by atoms with Crippen molar-refractivity contribution in [1.29, 1.82) is 0 Å². The number of nitrogens with zero attached hydrogens (tertiary/aromatic N) is 5. The number of nitro groups is 2. The zero-order valence-corrected chi connectivity index (χ0v) is 23.1. The molecule has 0 spiro atoms. The molecule has 40 heavy (non-hydrogen) atoms. The lowest BCUT2D eigenvalue weighted by Crippen LogP contribution is -2.45. The Morgan fingerprint density at radius 1 is 0.800 bits per heavy atom. The Balaban J connectivity index is 2.04. The van der Waals surface area contributed by atoms with Gasteiger partial charge in [0.15, 0.2) is 0 Å². The molecule has 1 atom stereocenters. The van der Waals surface area contributed by atoms with E-state index >= 15 is 0 Å². The number of hydrogen-bond acceptors (Lipinski definition) is 10. The van der Waals surface area contributed by atoms with Crippen molar-refractivity contribution in [3.05, 3.63) is 105 Å². The third-order valence-electron chi connectivity index (χ3n) is 5.86. The third kappa shape index (κ3) is 6.59. The number of hydrazone groups is 1. The van der Waals surface area contributed by atoms with Crippen molar-refractivity contribution >= 4 is 37.3 Å². The van der Waals surface area contributed by atoms with Crippen molar-refractivity contribution in [2.45, 2.75) is 22.3 Å². The Morgan fingerprint density at radius 3 is 1.68 bits per heavy atom. The number of methoxy groups -OCH3 is 1. The van der Waals surface area contributed by atoms with Crippen LogP contribution in [0.25, 0.3) is 0 Å². The van der Waals surface area contributed by atoms with E-state index in [0.717, 1.165) is 59.9 Å². The summed E-state index contributed by atoms with van der Waals surface area (Å²) in [6.45, 7) is 0. The number of sulfonamides is 2. The van der Waals surface area contributed by atoms with Crippen LogP contribution < -0.4 is 0 Å². The van der Waals surface area contributed by atoms with E-state index in [1.807, 2.05) is 0 Å². The quantitative estimate of drug-likeness (QED) is 0.140. The normalized spacial score (nSPS) is 13.1. The van der Waals surface area contributed by atoms with Crippen LogP contribution in [0.4, 0.5) is 11.4 Å². The van der Waals surface area contributed by atoms with Crippen LogP contribution in [0.5, 0.6) is 0 Å². The molecular formula is C24H25N5O9S2. The van der Waals surface area contributed by atoms with Crippen molar-refractivity contribution in [3.63, 3.8) is 0 Å². The van der Waals surface area contributed by atoms with Crippen LogP contribution in [-0.2, 0) is 31.2 Å². The van der Waals surface area contributed by atoms with Crippen LogP contribution in [-0.4, -0.2) is 68.5 Å². The second kappa shape index (κ2) is 12.2. The summed E-state index contributed by atoms with van der Waals surface area (Å²) < 4.78 is 60.2. The van der Waals surface area contributed by atoms with Crippen molar-refractivity contribution in [2.75, 3.05) is 21.2 Å². The molecule has 0 aliphatic rings. The molecule has 0 unspecified atom stereocenters. The van der Waals surface area contributed by atoms with Crippen molar-refractivity contribution < 1.29 is 31.4 Å². The highest BCUT2D eigenvalue weighted by atomic mass is 32.2. The van der Waals surface area contributed by atoms with Gasteiger partial charge in [-0.15, -0.1) is 5.10 Å². The van der Waals surface area contributed by atoms with Gasteiger partial charge >= 0.3 is 0 Å². The van der Waals surface area contributed by atoms with Crippen LogP contribution >= 0.6 is 0 Å². The standard InChI is InChI=1S/C24H25N5O9S2/c1-26(39(34,35)21-13-9-19(10-14-21)28(30)31)23(17-18-7-5-4-6-8-18)24(38-3)25-27(2)40(36,37)22-15-11-20(12-16-22)29(32)33/h4-16,23H,17H2,1-3H3/b25-24+/t23-/m0/s1. The van der Waals surface area contributed by atoms with Crippen LogP contribution in [0.3, 0.4) is 0 Å². The minimum absolute atomic E-state index is 0.0294. The van der Waals surface area contributed by atoms with Gasteiger partial charge in [0, 0.05) is 38.4 Å². The molecule has 3 aromatic carbocycles. The van der Waals surface area contributed by atoms with Gasteiger partial charge in [0.25, 0.3) is 21.4 Å². The molecule has 0 bridgehead atoms. The van der Waals surface area contributed by atoms with E-state index in [2.05, 4.69) is 5.10 Å². The summed E-state index contributed by atoms with van der Waals surface area (Å²) in [5.41, 5.74) is 0.0900. The lowest BCUT2D eigenvalue weighted by Gasteiger charge is -2.28. The predicted octanol–water partition coefficient (Wildman–Crippen LogP) is 3.02. The summed E-state index contributed by atoms with van der Waals surface area (Å²) in [5, 5.41) is 26.0. The Bertz CT molecular complexity index is 1610. The first-order chi connectivity index (χ1) is 18.8. The van der Waals surface area contributed by atoms with Gasteiger partial charge in [-0.1, -0.05) is 30.3 Å². The molecule has 0 aromatic heterocycles. The number of non-ortho nitro benzene ring substituents is 2. The first kappa shape index (κ1) is 30.1. The molecule has 0 saturated carbocycles. The summed E-state index contributed by atoms with van der Waals surface area (Å²) >= 11 is 0. The highest BCUT2D eigenvalue weighted by Gasteiger charge is 2.34. The molecule has 0 fully saturated rings. The predicted molar refractivity (Wildman–Crippen MR) is 144 cm³/mol. The van der Waals surface area contributed by atoms with Crippen LogP contribution in [0, 0.1) is 20.2 Å². The molecule has 3 rings (SSSR count). The highest BCUT2D eigenvalue weighted by molar-refractivity contribution is 7.89. The molecule has 0 saturated heterocycles. The largest absolute Gasteiger partial charge is 0.482 e. The molecule has 16 heteroatoms. The Labute approximate surface area is 230 Å². The van der Waals surface area contributed by atoms with Crippen LogP contribution in [0.1, 0.15) is 5.56 Å². The lowest BCUT2D eigenvalue weighted by atomic mass is 10.1. The Kier molecular flexibility index (Phi) is 9.18. The van der Waals surface area contributed by atoms with E-state index in [9.17, 15) is 37.1 Å². The van der Waals surface area contributed by atoms with Gasteiger partial charge in [-0.05, 0) is 36.2 Å². The average Bonchev–Trinajstić information content (AvgIpc) is 2.94. The van der Waals surface area contributed by atoms with Gasteiger partial charge in [-0.3, -0.25) is 20.2 Å². The topological polar surface area (TPSA) is 183 Å². The lowest BCUT2D eigenvalue weighted by molar-refractivity contribution is -0.385. The van der Waals surface area contributed by atoms with E-state index in [1.165, 1.54) is 14.2 Å². The highest BCUT2D eigenvalue weighted by Crippen LogP contribution is 2.24. The fourth-order valence-corrected chi connectivity index (χ4v) is 5.90. The van der Waals surface area contributed by atoms with E-state index < -0.39 is 35.9 Å². The number of ether oxygens (including phenoxy) is 1. The second-order valence-electron chi connectivity index (χ2n) is 8.31. The summed E-state index contributed by atoms with van der Waals surface area (Å²) in [7, 11) is -5.01. The van der Waals surface area contributed by atoms with Gasteiger partial charge in [0.1, 0.15) is 6.04 Å². The minimum atomic E-state index is -4.31. The molecular weight excluding hydrogens is 566 g/mol. The molecule has 0 radical (unpaired) electrons. The molecule has 0 amide bonds. The number of hydrogen-bond donors (Lipinski definition) is 0. The molecule has 3 aromatic rings. The van der Waals surface area contributed by atoms with E-state index in [1.54, 1.807) is 30.3 Å². The summed E-state index contributed by atoms with van der Waals surface area (Å²) in [6.07, 6.45) is 0.0294. The molecule has 14 nitrogen and oxygen atoms in total. The first-order valence-electron chi connectivity index (χ1n) is 11.4. The maximum absolute atomic E-state index is 13.5. The second-order valence-corrected chi connectivity index (χ2v) is 12.3. The molecule has 0 aliphatic heterocycles. The smallest absolute Gasteiger partial charge is 0.278 e. The molecule has 0 aliphatic carbocycles. The Morgan fingerprint density at radius 2 is 1.25 bits per heavy atom. The molecule has 0 N–H and O–H groups in total. The zero-order valence-electron chi connectivity index (χ0n) is 21.5. The molecule has 0 heterocycles. The SMILES string of the molecule is CO/C(=N/N(C)S(=O)(=O)c1ccc([N+](=O)[O-])cc1)[C@H](Cc1ccccc1)N(C)S(=O)(=O)c1ccc([N+](=O)[O-])cc1. The van der Waals surface area contributed by atoms with Crippen molar-refractivity contribution in [1.82, 2.24) is 8.72 Å². The summed E-state index contributed by atoms with van der Waals surface area (Å²) in [5.74, 6) is -0.273. The average molecular weight is 592 g/mol. The monoisotopic (exact) mass is 591 g/mol. The number of nitro benzene ring substituents is 2. The fraction of sp³-hybridized carbons (Fsp3) is 0.208. The van der Waals surface area contributed by atoms with E-state index in [0.29, 0.717) is 9.98 Å².